The van der Waals surface area contributed by atoms with Crippen molar-refractivity contribution in [2.45, 2.75) is 19.0 Å². The highest BCUT2D eigenvalue weighted by Gasteiger charge is 2.20. The van der Waals surface area contributed by atoms with Crippen LogP contribution >= 0.6 is 0 Å². The van der Waals surface area contributed by atoms with E-state index in [9.17, 15) is 9.59 Å². The maximum absolute atomic E-state index is 12.0. The molecule has 0 aliphatic carbocycles. The van der Waals surface area contributed by atoms with Gasteiger partial charge in [0.1, 0.15) is 0 Å². The van der Waals surface area contributed by atoms with Crippen molar-refractivity contribution in [3.8, 4) is 0 Å². The number of hydrogen-bond donors (Lipinski definition) is 1. The van der Waals surface area contributed by atoms with Gasteiger partial charge in [-0.05, 0) is 20.0 Å². The van der Waals surface area contributed by atoms with E-state index in [1.807, 2.05) is 7.05 Å². The average Bonchev–Trinajstić information content (AvgIpc) is 2.87. The number of likely N-dealkylation sites (N-methyl/N-ethyl adjacent to an activating group) is 1. The number of nitrogens with zero attached hydrogens (tertiary/aromatic N) is 3. The van der Waals surface area contributed by atoms with Crippen molar-refractivity contribution in [2.75, 3.05) is 20.1 Å². The van der Waals surface area contributed by atoms with Crippen molar-refractivity contribution in [1.82, 2.24) is 19.4 Å². The molecule has 0 radical (unpaired) electrons. The first-order valence-electron chi connectivity index (χ1n) is 6.17. The maximum atomic E-state index is 12.0. The standard InChI is InChI=1S/C12H20N4O2/c1-14(10-4-5-13-6-10)7-9-8-15(2)12(18)16(3)11(9)17/h8,10,13H,4-7H2,1-3H3. The van der Waals surface area contributed by atoms with Crippen molar-refractivity contribution >= 4 is 0 Å². The third-order valence-electron chi connectivity index (χ3n) is 3.59. The molecule has 18 heavy (non-hydrogen) atoms. The summed E-state index contributed by atoms with van der Waals surface area (Å²) >= 11 is 0. The van der Waals surface area contributed by atoms with Crippen LogP contribution in [0, 0.1) is 0 Å². The molecular weight excluding hydrogens is 232 g/mol. The summed E-state index contributed by atoms with van der Waals surface area (Å²) in [6.07, 6.45) is 2.74. The SMILES string of the molecule is CN(Cc1cn(C)c(=O)n(C)c1=O)C1CCNC1. The average molecular weight is 252 g/mol. The molecule has 1 unspecified atom stereocenters. The van der Waals surface area contributed by atoms with Gasteiger partial charge in [-0.15, -0.1) is 0 Å². The molecule has 1 fully saturated rings. The van der Waals surface area contributed by atoms with Crippen LogP contribution in [0.15, 0.2) is 15.8 Å². The molecule has 100 valence electrons. The smallest absolute Gasteiger partial charge is 0.315 e. The summed E-state index contributed by atoms with van der Waals surface area (Å²) in [4.78, 5) is 25.8. The van der Waals surface area contributed by atoms with Crippen molar-refractivity contribution in [2.24, 2.45) is 14.1 Å². The monoisotopic (exact) mass is 252 g/mol. The minimum Gasteiger partial charge on any atom is -0.315 e. The van der Waals surface area contributed by atoms with Crippen molar-refractivity contribution in [1.29, 1.82) is 0 Å². The van der Waals surface area contributed by atoms with Crippen LogP contribution in [-0.2, 0) is 20.6 Å². The lowest BCUT2D eigenvalue weighted by atomic mass is 10.2. The number of aromatic nitrogens is 2. The first kappa shape index (κ1) is 13.0. The fourth-order valence-electron chi connectivity index (χ4n) is 2.40. The lowest BCUT2D eigenvalue weighted by Crippen LogP contribution is -2.41. The molecule has 2 heterocycles. The predicted molar refractivity (Wildman–Crippen MR) is 69.7 cm³/mol. The molecule has 0 amide bonds. The van der Waals surface area contributed by atoms with Gasteiger partial charge in [-0.1, -0.05) is 0 Å². The van der Waals surface area contributed by atoms with E-state index < -0.39 is 0 Å². The topological polar surface area (TPSA) is 59.3 Å². The van der Waals surface area contributed by atoms with Crippen LogP contribution in [0.4, 0.5) is 0 Å². The molecule has 6 heteroatoms. The van der Waals surface area contributed by atoms with E-state index in [1.165, 1.54) is 11.6 Å². The van der Waals surface area contributed by atoms with Crippen LogP contribution in [0.5, 0.6) is 0 Å². The van der Waals surface area contributed by atoms with Crippen molar-refractivity contribution in [3.05, 3.63) is 32.6 Å². The molecule has 0 bridgehead atoms. The highest BCUT2D eigenvalue weighted by atomic mass is 16.2. The largest absolute Gasteiger partial charge is 0.330 e. The van der Waals surface area contributed by atoms with Gasteiger partial charge < -0.3 is 9.88 Å². The zero-order valence-electron chi connectivity index (χ0n) is 11.1. The normalized spacial score (nSPS) is 19.7. The molecule has 6 nitrogen and oxygen atoms in total. The molecule has 1 saturated heterocycles. The summed E-state index contributed by atoms with van der Waals surface area (Å²) in [5.74, 6) is 0. The minimum atomic E-state index is -0.283. The zero-order chi connectivity index (χ0) is 13.3. The van der Waals surface area contributed by atoms with Gasteiger partial charge in [-0.2, -0.15) is 0 Å². The van der Waals surface area contributed by atoms with Crippen LogP contribution in [0.25, 0.3) is 0 Å². The van der Waals surface area contributed by atoms with E-state index in [0.717, 1.165) is 24.1 Å². The molecule has 1 aromatic heterocycles. The Balaban J connectivity index is 2.24. The molecule has 1 aromatic rings. The van der Waals surface area contributed by atoms with Gasteiger partial charge in [-0.3, -0.25) is 14.3 Å². The Morgan fingerprint density at radius 2 is 2.17 bits per heavy atom. The molecule has 0 spiro atoms. The summed E-state index contributed by atoms with van der Waals surface area (Å²) in [6.45, 7) is 2.57. The van der Waals surface area contributed by atoms with E-state index in [2.05, 4.69) is 10.2 Å². The van der Waals surface area contributed by atoms with Crippen LogP contribution < -0.4 is 16.6 Å². The second-order valence-electron chi connectivity index (χ2n) is 4.97. The summed E-state index contributed by atoms with van der Waals surface area (Å²) < 4.78 is 2.62. The third-order valence-corrected chi connectivity index (χ3v) is 3.59. The van der Waals surface area contributed by atoms with E-state index in [4.69, 9.17) is 0 Å². The quantitative estimate of drug-likeness (QED) is 0.740. The lowest BCUT2D eigenvalue weighted by Gasteiger charge is -2.23. The number of hydrogen-bond acceptors (Lipinski definition) is 4. The van der Waals surface area contributed by atoms with Crippen LogP contribution in [0.3, 0.4) is 0 Å². The minimum absolute atomic E-state index is 0.198. The second-order valence-corrected chi connectivity index (χ2v) is 4.97. The van der Waals surface area contributed by atoms with E-state index in [1.54, 1.807) is 13.2 Å². The van der Waals surface area contributed by atoms with E-state index >= 15 is 0 Å². The predicted octanol–water partition coefficient (Wildman–Crippen LogP) is -1.12. The molecule has 0 aromatic carbocycles. The summed E-state index contributed by atoms with van der Waals surface area (Å²) in [5.41, 5.74) is 0.179. The van der Waals surface area contributed by atoms with Crippen molar-refractivity contribution < 1.29 is 0 Å². The summed E-state index contributed by atoms with van der Waals surface area (Å²) in [5, 5.41) is 3.31. The van der Waals surface area contributed by atoms with E-state index in [-0.39, 0.29) is 11.2 Å². The van der Waals surface area contributed by atoms with Gasteiger partial charge in [0.05, 0.1) is 0 Å². The molecule has 2 rings (SSSR count). The van der Waals surface area contributed by atoms with Gasteiger partial charge >= 0.3 is 5.69 Å². The first-order chi connectivity index (χ1) is 8.50. The van der Waals surface area contributed by atoms with Gasteiger partial charge in [-0.25, -0.2) is 4.79 Å². The van der Waals surface area contributed by atoms with Crippen LogP contribution in [0.1, 0.15) is 12.0 Å². The Bertz CT molecular complexity index is 540. The maximum Gasteiger partial charge on any atom is 0.330 e. The Labute approximate surface area is 106 Å². The third kappa shape index (κ3) is 2.39. The van der Waals surface area contributed by atoms with E-state index in [0.29, 0.717) is 18.2 Å². The highest BCUT2D eigenvalue weighted by molar-refractivity contribution is 5.05. The lowest BCUT2D eigenvalue weighted by molar-refractivity contribution is 0.246. The molecule has 1 aliphatic rings. The number of nitrogens with one attached hydrogen (secondary N) is 1. The molecular formula is C12H20N4O2. The fourth-order valence-corrected chi connectivity index (χ4v) is 2.40. The number of aryl methyl sites for hydroxylation is 1. The van der Waals surface area contributed by atoms with Gasteiger partial charge in [0.25, 0.3) is 5.56 Å². The zero-order valence-corrected chi connectivity index (χ0v) is 11.1. The fraction of sp³-hybridized carbons (Fsp3) is 0.667. The molecule has 1 atom stereocenters. The van der Waals surface area contributed by atoms with Gasteiger partial charge in [0.2, 0.25) is 0 Å². The second kappa shape index (κ2) is 5.07. The summed E-state index contributed by atoms with van der Waals surface area (Å²) in [7, 11) is 5.20. The van der Waals surface area contributed by atoms with Crippen LogP contribution in [-0.4, -0.2) is 40.2 Å². The highest BCUT2D eigenvalue weighted by Crippen LogP contribution is 2.08. The Hall–Kier alpha value is -1.40. The number of rotatable bonds is 3. The van der Waals surface area contributed by atoms with Crippen molar-refractivity contribution in [3.63, 3.8) is 0 Å². The first-order valence-corrected chi connectivity index (χ1v) is 6.17. The molecule has 1 aliphatic heterocycles. The Kier molecular flexibility index (Phi) is 3.68. The molecule has 1 N–H and O–H groups in total. The van der Waals surface area contributed by atoms with Gasteiger partial charge in [0.15, 0.2) is 0 Å². The molecule has 0 saturated carbocycles. The Morgan fingerprint density at radius 1 is 1.44 bits per heavy atom. The van der Waals surface area contributed by atoms with Gasteiger partial charge in [0, 0.05) is 45.0 Å². The summed E-state index contributed by atoms with van der Waals surface area (Å²) in [6, 6.07) is 0.465. The Morgan fingerprint density at radius 3 is 2.78 bits per heavy atom. The van der Waals surface area contributed by atoms with Crippen LogP contribution in [0.2, 0.25) is 0 Å².